The molecule has 0 aliphatic rings. The molecule has 6 heavy (non-hydrogen) atoms. The predicted molar refractivity (Wildman–Crippen MR) is 33.2 cm³/mol. The predicted octanol–water partition coefficient (Wildman–Crippen LogP) is -0.290. The van der Waals surface area contributed by atoms with Crippen molar-refractivity contribution in [3.8, 4) is 0 Å². The van der Waals surface area contributed by atoms with Crippen LogP contribution in [-0.4, -0.2) is 15.7 Å². The molecule has 0 rings (SSSR count). The van der Waals surface area contributed by atoms with E-state index in [1.807, 2.05) is 0 Å². The third kappa shape index (κ3) is 4.66. The fourth-order valence-electron chi connectivity index (χ4n) is 0. The van der Waals surface area contributed by atoms with Gasteiger partial charge in [0.05, 0.1) is 0 Å². The van der Waals surface area contributed by atoms with Gasteiger partial charge < -0.3 is 0 Å². The van der Waals surface area contributed by atoms with Crippen LogP contribution in [0.25, 0.3) is 0 Å². The van der Waals surface area contributed by atoms with E-state index in [-0.39, 0.29) is 0 Å². The molecule has 5 heteroatoms. The van der Waals surface area contributed by atoms with E-state index in [9.17, 15) is 0 Å². The molecule has 36 valence electrons. The van der Waals surface area contributed by atoms with Gasteiger partial charge in [-0.25, -0.2) is 0 Å². The highest BCUT2D eigenvalue weighted by atomic mass is 32.9. The molecule has 0 heterocycles. The van der Waals surface area contributed by atoms with Gasteiger partial charge in [-0.15, -0.1) is 0 Å². The molecular formula is CH4O2PS2+. The molecule has 0 aromatic rings. The van der Waals surface area contributed by atoms with Crippen molar-refractivity contribution in [3.05, 3.63) is 0 Å². The Labute approximate surface area is 44.7 Å². The van der Waals surface area contributed by atoms with Crippen molar-refractivity contribution >= 4 is 34.3 Å². The number of hydrogen-bond donors (Lipinski definition) is 2. The number of rotatable bonds is 1. The Morgan fingerprint density at radius 1 is 1.67 bits per heavy atom. The van der Waals surface area contributed by atoms with E-state index in [1.54, 1.807) is 0 Å². The van der Waals surface area contributed by atoms with Crippen LogP contribution >= 0.6 is 5.69 Å². The van der Waals surface area contributed by atoms with E-state index in [2.05, 4.69) is 17.7 Å². The maximum atomic E-state index is 8.21. The topological polar surface area (TPSA) is 40.5 Å². The third-order valence-corrected chi connectivity index (χ3v) is 2.46. The summed E-state index contributed by atoms with van der Waals surface area (Å²) in [6.07, 6.45) is 0. The highest BCUT2D eigenvalue weighted by Crippen LogP contribution is 2.32. The monoisotopic (exact) mass is 143 g/mol. The van der Waals surface area contributed by atoms with Crippen LogP contribution in [0, 0.1) is 0 Å². The second-order valence-corrected chi connectivity index (χ2v) is 6.38. The molecule has 2 N–H and O–H groups in total. The second kappa shape index (κ2) is 2.09. The minimum absolute atomic E-state index is 0.669. The molecule has 0 fully saturated rings. The third-order valence-electron chi connectivity index (χ3n) is 0.168. The molecular weight excluding hydrogens is 139 g/mol. The summed E-state index contributed by atoms with van der Waals surface area (Å²) in [5.74, 6) is 3.12. The maximum Gasteiger partial charge on any atom is 0.467 e. The van der Waals surface area contributed by atoms with Gasteiger partial charge >= 0.3 is 5.69 Å². The Morgan fingerprint density at radius 3 is 1.83 bits per heavy atom. The quantitative estimate of drug-likeness (QED) is 0.301. The zero-order valence-corrected chi connectivity index (χ0v) is 5.39. The summed E-state index contributed by atoms with van der Waals surface area (Å²) in [5, 5.41) is 0. The largest absolute Gasteiger partial charge is 0.467 e. The molecule has 0 radical (unpaired) electrons. The van der Waals surface area contributed by atoms with E-state index < -0.39 is 5.69 Å². The van der Waals surface area contributed by atoms with Crippen molar-refractivity contribution in [1.82, 2.24) is 0 Å². The standard InChI is InChI=1S/CH3O2PS2/c1-6-4(2,3)5/h1H2,(H-,2,3,5)/p+1. The van der Waals surface area contributed by atoms with Crippen molar-refractivity contribution in [2.24, 2.45) is 0 Å². The fraction of sp³-hybridized carbons (Fsp3) is 0. The smallest absolute Gasteiger partial charge is 0.300 e. The van der Waals surface area contributed by atoms with Crippen molar-refractivity contribution < 1.29 is 9.79 Å². The molecule has 0 spiro atoms. The summed E-state index contributed by atoms with van der Waals surface area (Å²) in [6.45, 7) is 0. The van der Waals surface area contributed by atoms with Crippen molar-refractivity contribution in [2.75, 3.05) is 0 Å². The average molecular weight is 143 g/mol. The highest BCUT2D eigenvalue weighted by molar-refractivity contribution is 8.55. The summed E-state index contributed by atoms with van der Waals surface area (Å²) in [6, 6.07) is 0. The van der Waals surface area contributed by atoms with Gasteiger partial charge in [0.15, 0.2) is 5.87 Å². The van der Waals surface area contributed by atoms with Crippen LogP contribution < -0.4 is 0 Å². The molecule has 0 bridgehead atoms. The van der Waals surface area contributed by atoms with Gasteiger partial charge in [-0.2, -0.15) is 0 Å². The van der Waals surface area contributed by atoms with Gasteiger partial charge in [0.1, 0.15) is 0 Å². The summed E-state index contributed by atoms with van der Waals surface area (Å²) < 4.78 is 0. The Bertz CT molecular complexity index is 93.7. The van der Waals surface area contributed by atoms with Crippen LogP contribution in [0.4, 0.5) is 0 Å². The Kier molecular flexibility index (Phi) is 2.33. The minimum Gasteiger partial charge on any atom is -0.300 e. The summed E-state index contributed by atoms with van der Waals surface area (Å²) >= 11 is 4.11. The van der Waals surface area contributed by atoms with Crippen LogP contribution in [0.15, 0.2) is 0 Å². The SMILES string of the molecule is C=[S+]P(O)(O)=S. The first-order valence-electron chi connectivity index (χ1n) is 1.05. The van der Waals surface area contributed by atoms with E-state index in [0.717, 1.165) is 0 Å². The molecule has 0 unspecified atom stereocenters. The highest BCUT2D eigenvalue weighted by Gasteiger charge is 2.14. The molecule has 0 aliphatic carbocycles. The van der Waals surface area contributed by atoms with E-state index in [4.69, 9.17) is 9.79 Å². The van der Waals surface area contributed by atoms with Crippen molar-refractivity contribution in [2.45, 2.75) is 0 Å². The summed E-state index contributed by atoms with van der Waals surface area (Å²) in [5.41, 5.74) is -3.01. The Morgan fingerprint density at radius 2 is 1.83 bits per heavy atom. The Hall–Kier alpha value is 0.660. The molecule has 0 aliphatic heterocycles. The zero-order valence-electron chi connectivity index (χ0n) is 2.87. The van der Waals surface area contributed by atoms with Crippen LogP contribution in [0.5, 0.6) is 0 Å². The van der Waals surface area contributed by atoms with Crippen LogP contribution in [0.1, 0.15) is 0 Å². The molecule has 0 saturated heterocycles. The first-order chi connectivity index (χ1) is 2.56. The molecule has 0 aromatic carbocycles. The lowest BCUT2D eigenvalue weighted by atomic mass is 12.0. The van der Waals surface area contributed by atoms with Gasteiger partial charge in [-0.05, 0) is 0 Å². The minimum atomic E-state index is -3.01. The van der Waals surface area contributed by atoms with Gasteiger partial charge in [0.25, 0.3) is 11.0 Å². The zero-order chi connectivity index (χ0) is 5.21. The van der Waals surface area contributed by atoms with E-state index in [1.165, 1.54) is 0 Å². The molecule has 0 amide bonds. The van der Waals surface area contributed by atoms with Gasteiger partial charge in [0.2, 0.25) is 0 Å². The first-order valence-corrected chi connectivity index (χ1v) is 5.35. The van der Waals surface area contributed by atoms with E-state index >= 15 is 0 Å². The average Bonchev–Trinajstić information content (AvgIpc) is 1.35. The van der Waals surface area contributed by atoms with Gasteiger partial charge in [0, 0.05) is 11.8 Å². The normalized spacial score (nSPS) is 11.0. The summed E-state index contributed by atoms with van der Waals surface area (Å²) in [4.78, 5) is 16.4. The lowest BCUT2D eigenvalue weighted by molar-refractivity contribution is 0.502. The van der Waals surface area contributed by atoms with Crippen LogP contribution in [0.3, 0.4) is 0 Å². The van der Waals surface area contributed by atoms with Crippen LogP contribution in [-0.2, 0) is 22.8 Å². The Balaban J connectivity index is 3.81. The molecule has 0 atom stereocenters. The fourth-order valence-corrected chi connectivity index (χ4v) is 0. The van der Waals surface area contributed by atoms with Crippen molar-refractivity contribution in [1.29, 1.82) is 0 Å². The summed E-state index contributed by atoms with van der Waals surface area (Å²) in [7, 11) is 0.669. The van der Waals surface area contributed by atoms with Crippen LogP contribution in [0.2, 0.25) is 0 Å². The molecule has 0 aromatic heterocycles. The first kappa shape index (κ1) is 6.66. The second-order valence-electron chi connectivity index (χ2n) is 0.620. The van der Waals surface area contributed by atoms with Gasteiger partial charge in [-0.1, -0.05) is 0 Å². The lowest BCUT2D eigenvalue weighted by Gasteiger charge is -1.76. The molecule has 0 saturated carbocycles. The van der Waals surface area contributed by atoms with Gasteiger partial charge in [-0.3, -0.25) is 9.79 Å². The van der Waals surface area contributed by atoms with Crippen molar-refractivity contribution in [3.63, 3.8) is 0 Å². The van der Waals surface area contributed by atoms with E-state index in [0.29, 0.717) is 11.0 Å². The maximum absolute atomic E-state index is 8.21. The molecule has 2 nitrogen and oxygen atoms in total. The number of hydrogen-bond acceptors (Lipinski definition) is 1. The lowest BCUT2D eigenvalue weighted by Crippen LogP contribution is -1.66.